The van der Waals surface area contributed by atoms with Crippen LogP contribution in [-0.4, -0.2) is 28.1 Å². The molecule has 0 bridgehead atoms. The van der Waals surface area contributed by atoms with Gasteiger partial charge in [-0.2, -0.15) is 14.6 Å². The van der Waals surface area contributed by atoms with Crippen molar-refractivity contribution >= 4 is 9.84 Å². The molecule has 2 heterocycles. The van der Waals surface area contributed by atoms with Gasteiger partial charge in [-0.1, -0.05) is 31.5 Å². The molecule has 1 aliphatic rings. The van der Waals surface area contributed by atoms with Crippen LogP contribution in [-0.2, 0) is 22.7 Å². The number of unbranched alkanes of at least 4 members (excludes halogenated alkanes) is 1. The maximum atomic E-state index is 14.0. The SMILES string of the molecule is CCCCc1nc(O)c(S(=O)(=O)c2ccc(-c3ccc(F)nc3C)cc2)c(=O)n1[C@@H]1CCc2ccc(C#N)cc21. The fraction of sp³-hybridized carbons (Fsp3) is 0.267. The standard InChI is InChI=1S/C30H27FN4O4S/c1-3-4-5-27-34-29(36)28(30(37)35(27)25-14-10-21-7-6-19(17-32)16-24(21)25)40(38,39)22-11-8-20(9-12-22)23-13-15-26(31)33-18(23)2/h6-9,11-13,15-16,25,36H,3-5,10,14H2,1-2H3/t25-/m1/s1. The minimum Gasteiger partial charge on any atom is -0.492 e. The number of aromatic hydroxyl groups is 1. The summed E-state index contributed by atoms with van der Waals surface area (Å²) in [5.41, 5.74) is 3.06. The van der Waals surface area contributed by atoms with Crippen molar-refractivity contribution in [2.24, 2.45) is 0 Å². The lowest BCUT2D eigenvalue weighted by Gasteiger charge is -2.21. The second-order valence-electron chi connectivity index (χ2n) is 9.83. The predicted molar refractivity (Wildman–Crippen MR) is 146 cm³/mol. The Kier molecular flexibility index (Phi) is 7.25. The highest BCUT2D eigenvalue weighted by Crippen LogP contribution is 2.36. The largest absolute Gasteiger partial charge is 0.492 e. The lowest BCUT2D eigenvalue weighted by molar-refractivity contribution is 0.408. The summed E-state index contributed by atoms with van der Waals surface area (Å²) in [6.07, 6.45) is 3.08. The fourth-order valence-electron chi connectivity index (χ4n) is 5.30. The van der Waals surface area contributed by atoms with Gasteiger partial charge in [-0.05, 0) is 79.3 Å². The molecule has 8 nitrogen and oxygen atoms in total. The van der Waals surface area contributed by atoms with Crippen molar-refractivity contribution in [3.05, 3.63) is 99.1 Å². The summed E-state index contributed by atoms with van der Waals surface area (Å²) in [5.74, 6) is -1.15. The number of hydrogen-bond acceptors (Lipinski definition) is 7. The highest BCUT2D eigenvalue weighted by molar-refractivity contribution is 7.91. The molecule has 2 aromatic heterocycles. The lowest BCUT2D eigenvalue weighted by Crippen LogP contribution is -2.33. The Labute approximate surface area is 231 Å². The second kappa shape index (κ2) is 10.7. The van der Waals surface area contributed by atoms with Gasteiger partial charge in [-0.25, -0.2) is 13.4 Å². The summed E-state index contributed by atoms with van der Waals surface area (Å²) in [6.45, 7) is 3.63. The van der Waals surface area contributed by atoms with Crippen molar-refractivity contribution in [2.75, 3.05) is 0 Å². The topological polar surface area (TPSA) is 126 Å². The smallest absolute Gasteiger partial charge is 0.277 e. The Morgan fingerprint density at radius 3 is 2.55 bits per heavy atom. The van der Waals surface area contributed by atoms with Crippen LogP contribution in [0.3, 0.4) is 0 Å². The highest BCUT2D eigenvalue weighted by atomic mass is 32.2. The number of pyridine rings is 1. The second-order valence-corrected chi connectivity index (χ2v) is 11.7. The zero-order chi connectivity index (χ0) is 28.6. The molecule has 0 fully saturated rings. The van der Waals surface area contributed by atoms with E-state index in [2.05, 4.69) is 16.0 Å². The van der Waals surface area contributed by atoms with E-state index < -0.39 is 38.2 Å². The quantitative estimate of drug-likeness (QED) is 0.315. The van der Waals surface area contributed by atoms with Crippen LogP contribution in [0.1, 0.15) is 60.4 Å². The summed E-state index contributed by atoms with van der Waals surface area (Å²) < 4.78 is 42.3. The molecule has 0 aliphatic heterocycles. The third kappa shape index (κ3) is 4.77. The monoisotopic (exact) mass is 558 g/mol. The van der Waals surface area contributed by atoms with Crippen LogP contribution in [0.4, 0.5) is 4.39 Å². The molecule has 1 N–H and O–H groups in total. The van der Waals surface area contributed by atoms with Gasteiger partial charge in [0.25, 0.3) is 5.56 Å². The van der Waals surface area contributed by atoms with Crippen LogP contribution in [0.15, 0.2) is 69.2 Å². The summed E-state index contributed by atoms with van der Waals surface area (Å²) in [4.78, 5) is 21.1. The number of benzene rings is 2. The lowest BCUT2D eigenvalue weighted by atomic mass is 10.0. The van der Waals surface area contributed by atoms with Gasteiger partial charge in [0.1, 0.15) is 5.82 Å². The molecule has 2 aromatic carbocycles. The first-order valence-corrected chi connectivity index (χ1v) is 14.5. The molecule has 0 saturated heterocycles. The van der Waals surface area contributed by atoms with E-state index in [1.54, 1.807) is 37.3 Å². The third-order valence-electron chi connectivity index (χ3n) is 7.31. The summed E-state index contributed by atoms with van der Waals surface area (Å²) in [7, 11) is -4.47. The first kappa shape index (κ1) is 27.2. The number of rotatable bonds is 7. The molecule has 4 aromatic rings. The van der Waals surface area contributed by atoms with Crippen LogP contribution in [0.25, 0.3) is 11.1 Å². The minimum absolute atomic E-state index is 0.190. The molecule has 10 heteroatoms. The number of halogens is 1. The molecule has 1 aliphatic carbocycles. The van der Waals surface area contributed by atoms with E-state index in [0.29, 0.717) is 53.9 Å². The van der Waals surface area contributed by atoms with Gasteiger partial charge in [0, 0.05) is 17.7 Å². The zero-order valence-corrected chi connectivity index (χ0v) is 22.9. The van der Waals surface area contributed by atoms with E-state index in [4.69, 9.17) is 0 Å². The van der Waals surface area contributed by atoms with Gasteiger partial charge in [-0.15, -0.1) is 0 Å². The van der Waals surface area contributed by atoms with Crippen molar-refractivity contribution < 1.29 is 17.9 Å². The molecule has 0 radical (unpaired) electrons. The predicted octanol–water partition coefficient (Wildman–Crippen LogP) is 5.04. The third-order valence-corrected chi connectivity index (χ3v) is 9.10. The van der Waals surface area contributed by atoms with Crippen molar-refractivity contribution in [1.82, 2.24) is 14.5 Å². The number of fused-ring (bicyclic) bond motifs is 1. The van der Waals surface area contributed by atoms with Crippen LogP contribution in [0.5, 0.6) is 5.88 Å². The maximum Gasteiger partial charge on any atom is 0.277 e. The summed E-state index contributed by atoms with van der Waals surface area (Å²) in [6, 6.07) is 15.5. The highest BCUT2D eigenvalue weighted by Gasteiger charge is 2.34. The normalized spacial score (nSPS) is 14.6. The van der Waals surface area contributed by atoms with E-state index in [9.17, 15) is 28.0 Å². The van der Waals surface area contributed by atoms with Crippen LogP contribution >= 0.6 is 0 Å². The van der Waals surface area contributed by atoms with E-state index in [1.807, 2.05) is 13.0 Å². The molecule has 0 spiro atoms. The van der Waals surface area contributed by atoms with Gasteiger partial charge in [0.2, 0.25) is 21.7 Å². The number of aromatic nitrogens is 3. The molecule has 0 unspecified atom stereocenters. The molecular weight excluding hydrogens is 531 g/mol. The Morgan fingerprint density at radius 2 is 1.88 bits per heavy atom. The first-order chi connectivity index (χ1) is 19.1. The van der Waals surface area contributed by atoms with Crippen LogP contribution < -0.4 is 5.56 Å². The van der Waals surface area contributed by atoms with Gasteiger partial charge in [-0.3, -0.25) is 9.36 Å². The molecule has 1 atom stereocenters. The van der Waals surface area contributed by atoms with Crippen molar-refractivity contribution in [3.8, 4) is 23.1 Å². The number of sulfone groups is 1. The first-order valence-electron chi connectivity index (χ1n) is 13.0. The van der Waals surface area contributed by atoms with Crippen LogP contribution in [0, 0.1) is 24.2 Å². The van der Waals surface area contributed by atoms with E-state index in [-0.39, 0.29) is 4.90 Å². The maximum absolute atomic E-state index is 14.0. The Hall–Kier alpha value is -4.36. The Bertz CT molecular complexity index is 1830. The minimum atomic E-state index is -4.47. The molecule has 5 rings (SSSR count). The van der Waals surface area contributed by atoms with Crippen molar-refractivity contribution in [2.45, 2.75) is 61.8 Å². The summed E-state index contributed by atoms with van der Waals surface area (Å²) >= 11 is 0. The Balaban J connectivity index is 1.63. The Morgan fingerprint density at radius 1 is 1.12 bits per heavy atom. The van der Waals surface area contributed by atoms with E-state index >= 15 is 0 Å². The van der Waals surface area contributed by atoms with Gasteiger partial charge < -0.3 is 5.11 Å². The van der Waals surface area contributed by atoms with E-state index in [1.165, 1.54) is 22.8 Å². The zero-order valence-electron chi connectivity index (χ0n) is 22.1. The average molecular weight is 559 g/mol. The van der Waals surface area contributed by atoms with Gasteiger partial charge in [0.05, 0.1) is 22.6 Å². The molecule has 0 amide bonds. The summed E-state index contributed by atoms with van der Waals surface area (Å²) in [5, 5.41) is 20.2. The molecule has 0 saturated carbocycles. The number of hydrogen-bond donors (Lipinski definition) is 1. The van der Waals surface area contributed by atoms with Crippen LogP contribution in [0.2, 0.25) is 0 Å². The molecular formula is C30H27FN4O4S. The van der Waals surface area contributed by atoms with Crippen molar-refractivity contribution in [3.63, 3.8) is 0 Å². The molecule has 40 heavy (non-hydrogen) atoms. The fourth-order valence-corrected chi connectivity index (χ4v) is 6.65. The average Bonchev–Trinajstić information content (AvgIpc) is 3.34. The van der Waals surface area contributed by atoms with Gasteiger partial charge in [0.15, 0.2) is 4.90 Å². The number of nitrogens with zero attached hydrogens (tertiary/aromatic N) is 4. The van der Waals surface area contributed by atoms with Gasteiger partial charge >= 0.3 is 0 Å². The number of nitriles is 1. The van der Waals surface area contributed by atoms with E-state index in [0.717, 1.165) is 17.5 Å². The number of aryl methyl sites for hydroxylation is 3. The molecule has 204 valence electrons. The van der Waals surface area contributed by atoms with Crippen molar-refractivity contribution in [1.29, 1.82) is 5.26 Å².